The average Bonchev–Trinajstić information content (AvgIpc) is 2.51. The Morgan fingerprint density at radius 1 is 1.53 bits per heavy atom. The normalized spacial score (nSPS) is 32.9. The number of hydrogen-bond acceptors (Lipinski definition) is 6. The Kier molecular flexibility index (Phi) is 2.86. The lowest BCUT2D eigenvalue weighted by atomic mass is 10.6. The van der Waals surface area contributed by atoms with Gasteiger partial charge in [-0.3, -0.25) is 4.57 Å². The van der Waals surface area contributed by atoms with Gasteiger partial charge in [-0.1, -0.05) is 0 Å². The van der Waals surface area contributed by atoms with Crippen LogP contribution >= 0.6 is 0 Å². The third kappa shape index (κ3) is 1.90. The van der Waals surface area contributed by atoms with E-state index in [1.807, 2.05) is 0 Å². The van der Waals surface area contributed by atoms with Crippen molar-refractivity contribution in [2.24, 2.45) is 0 Å². The summed E-state index contributed by atoms with van der Waals surface area (Å²) in [5, 5.41) is 19.1. The molecular formula is C9H12FN3O4. The summed E-state index contributed by atoms with van der Waals surface area (Å²) in [5.41, 5.74) is 4.27. The van der Waals surface area contributed by atoms with Crippen molar-refractivity contribution in [3.63, 3.8) is 0 Å². The smallest absolute Gasteiger partial charge is 0.351 e. The van der Waals surface area contributed by atoms with Gasteiger partial charge in [-0.15, -0.1) is 0 Å². The highest BCUT2D eigenvalue weighted by Crippen LogP contribution is 2.28. The maximum atomic E-state index is 13.2. The molecule has 0 radical (unpaired) electrons. The lowest BCUT2D eigenvalue weighted by molar-refractivity contribution is -0.0355. The van der Waals surface area contributed by atoms with Gasteiger partial charge in [-0.2, -0.15) is 4.98 Å². The van der Waals surface area contributed by atoms with Gasteiger partial charge in [0.25, 0.3) is 0 Å². The largest absolute Gasteiger partial charge is 0.388 e. The number of nitrogen functional groups attached to an aromatic ring is 1. The van der Waals surface area contributed by atoms with Gasteiger partial charge in [0.05, 0.1) is 12.3 Å². The predicted octanol–water partition coefficient (Wildman–Crippen LogP) is -1.40. The van der Waals surface area contributed by atoms with Crippen LogP contribution in [0.3, 0.4) is 0 Å². The third-order valence-electron chi connectivity index (χ3n) is 2.69. The number of aromatic nitrogens is 2. The molecule has 0 aliphatic carbocycles. The van der Waals surface area contributed by atoms with Gasteiger partial charge in [0.2, 0.25) is 0 Å². The highest BCUT2D eigenvalue weighted by atomic mass is 19.1. The Bertz CT molecular complexity index is 492. The lowest BCUT2D eigenvalue weighted by Crippen LogP contribution is -2.35. The molecule has 1 aliphatic heterocycles. The molecular weight excluding hydrogens is 238 g/mol. The Balaban J connectivity index is 2.42. The summed E-state index contributed by atoms with van der Waals surface area (Å²) in [6.45, 7) is 1.53. The molecule has 2 heterocycles. The van der Waals surface area contributed by atoms with E-state index in [9.17, 15) is 19.4 Å². The first kappa shape index (κ1) is 12.0. The van der Waals surface area contributed by atoms with Crippen molar-refractivity contribution in [3.8, 4) is 0 Å². The van der Waals surface area contributed by atoms with Crippen molar-refractivity contribution < 1.29 is 19.3 Å². The van der Waals surface area contributed by atoms with Gasteiger partial charge in [-0.25, -0.2) is 9.18 Å². The number of ether oxygens (including phenoxy) is 1. The van der Waals surface area contributed by atoms with Crippen molar-refractivity contribution in [1.82, 2.24) is 9.55 Å². The monoisotopic (exact) mass is 250 g/mol. The first-order valence-electron chi connectivity index (χ1n) is 4.97. The van der Waals surface area contributed by atoms with Crippen LogP contribution in [-0.2, 0) is 4.74 Å². The number of aliphatic hydroxyl groups is 2. The van der Waals surface area contributed by atoms with Crippen LogP contribution in [0.25, 0.3) is 0 Å². The third-order valence-corrected chi connectivity index (χ3v) is 2.69. The maximum Gasteiger partial charge on any atom is 0.351 e. The maximum absolute atomic E-state index is 13.2. The van der Waals surface area contributed by atoms with Crippen LogP contribution < -0.4 is 11.4 Å². The SMILES string of the molecule is [13CH3][13C@H]1O[13C@@H](n2cc(F)c(N)nc2=O)[13C@H](O)[13C@@H]1O. The second kappa shape index (κ2) is 4.06. The number of halogens is 1. The van der Waals surface area contributed by atoms with Crippen LogP contribution in [0.15, 0.2) is 11.0 Å². The van der Waals surface area contributed by atoms with Crippen molar-refractivity contribution in [2.45, 2.75) is 31.5 Å². The van der Waals surface area contributed by atoms with Gasteiger partial charge in [-0.05, 0) is 6.92 Å². The highest BCUT2D eigenvalue weighted by Gasteiger charge is 2.41. The molecule has 4 atom stereocenters. The van der Waals surface area contributed by atoms with Crippen molar-refractivity contribution in [2.75, 3.05) is 5.73 Å². The summed E-state index contributed by atoms with van der Waals surface area (Å²) in [7, 11) is 0. The van der Waals surface area contributed by atoms with Gasteiger partial charge in [0, 0.05) is 0 Å². The van der Waals surface area contributed by atoms with E-state index in [4.69, 9.17) is 10.5 Å². The van der Waals surface area contributed by atoms with Crippen LogP contribution in [-0.4, -0.2) is 38.1 Å². The number of aliphatic hydroxyl groups excluding tert-OH is 2. The fraction of sp³-hybridized carbons (Fsp3) is 0.556. The predicted molar refractivity (Wildman–Crippen MR) is 54.5 cm³/mol. The van der Waals surface area contributed by atoms with E-state index >= 15 is 0 Å². The van der Waals surface area contributed by atoms with Crippen molar-refractivity contribution in [3.05, 3.63) is 22.5 Å². The van der Waals surface area contributed by atoms with E-state index in [2.05, 4.69) is 4.98 Å². The summed E-state index contributed by atoms with van der Waals surface area (Å²) >= 11 is 0. The van der Waals surface area contributed by atoms with Gasteiger partial charge >= 0.3 is 5.69 Å². The van der Waals surface area contributed by atoms with Crippen molar-refractivity contribution in [1.29, 1.82) is 0 Å². The van der Waals surface area contributed by atoms with Gasteiger partial charge in [0.15, 0.2) is 17.9 Å². The quantitative estimate of drug-likeness (QED) is 0.529. The molecule has 1 saturated heterocycles. The fourth-order valence-corrected chi connectivity index (χ4v) is 1.70. The van der Waals surface area contributed by atoms with Crippen LogP contribution in [0.4, 0.5) is 10.2 Å². The molecule has 1 aromatic heterocycles. The van der Waals surface area contributed by atoms with E-state index in [0.717, 1.165) is 10.8 Å². The van der Waals surface area contributed by atoms with Crippen LogP contribution in [0, 0.1) is 5.82 Å². The number of anilines is 1. The van der Waals surface area contributed by atoms with E-state index in [0.29, 0.717) is 0 Å². The van der Waals surface area contributed by atoms with E-state index in [1.54, 1.807) is 0 Å². The summed E-state index contributed by atoms with van der Waals surface area (Å²) < 4.78 is 19.1. The zero-order valence-corrected chi connectivity index (χ0v) is 8.95. The minimum Gasteiger partial charge on any atom is -0.388 e. The molecule has 8 heteroatoms. The molecule has 0 unspecified atom stereocenters. The molecule has 7 nitrogen and oxygen atoms in total. The Morgan fingerprint density at radius 2 is 2.18 bits per heavy atom. The molecule has 2 rings (SSSR count). The molecule has 1 fully saturated rings. The van der Waals surface area contributed by atoms with Crippen LogP contribution in [0.5, 0.6) is 0 Å². The highest BCUT2D eigenvalue weighted by molar-refractivity contribution is 5.26. The first-order valence-corrected chi connectivity index (χ1v) is 4.97. The summed E-state index contributed by atoms with van der Waals surface area (Å²) in [5.74, 6) is -1.42. The summed E-state index contributed by atoms with van der Waals surface area (Å²) in [6, 6.07) is 0. The van der Waals surface area contributed by atoms with Gasteiger partial charge in [0.1, 0.15) is 12.2 Å². The topological polar surface area (TPSA) is 111 Å². The molecule has 0 amide bonds. The molecule has 0 bridgehead atoms. The molecule has 17 heavy (non-hydrogen) atoms. The molecule has 1 aromatic rings. The van der Waals surface area contributed by atoms with E-state index in [-0.39, 0.29) is 0 Å². The van der Waals surface area contributed by atoms with E-state index < -0.39 is 41.9 Å². The Morgan fingerprint density at radius 3 is 2.71 bits per heavy atom. The molecule has 94 valence electrons. The second-order valence-corrected chi connectivity index (χ2v) is 3.88. The van der Waals surface area contributed by atoms with Crippen molar-refractivity contribution >= 4 is 5.82 Å². The standard InChI is InChI=1S/C9H12FN3O4/c1-3-5(14)6(15)8(17-3)13-2-4(10)7(11)12-9(13)16/h2-3,5-6,8,14-15H,1H3,(H2,11,12,16)/t3-,5-,6-,8-/m1/s1/i1+1,3+1,5+1,6+1,8+1. The average molecular weight is 250 g/mol. The van der Waals surface area contributed by atoms with E-state index in [1.165, 1.54) is 6.92 Å². The fourth-order valence-electron chi connectivity index (χ4n) is 1.70. The molecule has 1 aliphatic rings. The minimum absolute atomic E-state index is 0.521. The molecule has 0 aromatic carbocycles. The number of nitrogens with zero attached hydrogens (tertiary/aromatic N) is 2. The first-order chi connectivity index (χ1) is 7.91. The minimum atomic E-state index is -1.33. The number of hydrogen-bond donors (Lipinski definition) is 3. The molecule has 0 saturated carbocycles. The zero-order chi connectivity index (χ0) is 12.7. The lowest BCUT2D eigenvalue weighted by Gasteiger charge is -2.17. The summed E-state index contributed by atoms with van der Waals surface area (Å²) in [6.07, 6.45) is -3.51. The van der Waals surface area contributed by atoms with Crippen LogP contribution in [0.2, 0.25) is 0 Å². The number of nitrogens with two attached hydrogens (primary N) is 1. The summed E-state index contributed by atoms with van der Waals surface area (Å²) in [4.78, 5) is 14.7. The Labute approximate surface area is 95.3 Å². The number of rotatable bonds is 1. The van der Waals surface area contributed by atoms with Gasteiger partial charge < -0.3 is 20.7 Å². The second-order valence-electron chi connectivity index (χ2n) is 3.88. The molecule has 0 spiro atoms. The zero-order valence-electron chi connectivity index (χ0n) is 8.95. The van der Waals surface area contributed by atoms with Crippen LogP contribution in [0.1, 0.15) is 13.2 Å². The Hall–Kier alpha value is -1.51. The molecule has 4 N–H and O–H groups in total.